The van der Waals surface area contributed by atoms with Crippen LogP contribution in [0, 0.1) is 12.7 Å². The van der Waals surface area contributed by atoms with Crippen LogP contribution in [0.3, 0.4) is 0 Å². The molecule has 39 heavy (non-hydrogen) atoms. The van der Waals surface area contributed by atoms with Gasteiger partial charge in [-0.3, -0.25) is 4.79 Å². The van der Waals surface area contributed by atoms with Gasteiger partial charge < -0.3 is 15.5 Å². The number of nitrogens with one attached hydrogen (secondary N) is 3. The SMILES string of the molecule is CCNC(=O)NS(=O)(=O)c1cc(Nc2cc(C)ccc2Cl)c(C(=O)N2CCC(c3ccc(F)cc3)CC2)cn1. The summed E-state index contributed by atoms with van der Waals surface area (Å²) in [7, 11) is -4.32. The lowest BCUT2D eigenvalue weighted by Crippen LogP contribution is -2.40. The normalized spacial score (nSPS) is 14.1. The van der Waals surface area contributed by atoms with Crippen molar-refractivity contribution in [3.8, 4) is 0 Å². The quantitative estimate of drug-likeness (QED) is 0.368. The number of halogens is 2. The number of hydrogen-bond acceptors (Lipinski definition) is 6. The van der Waals surface area contributed by atoms with Crippen LogP contribution < -0.4 is 15.4 Å². The fraction of sp³-hybridized carbons (Fsp3) is 0.296. The van der Waals surface area contributed by atoms with E-state index < -0.39 is 21.1 Å². The van der Waals surface area contributed by atoms with Gasteiger partial charge in [0.1, 0.15) is 5.82 Å². The Morgan fingerprint density at radius 1 is 1.08 bits per heavy atom. The summed E-state index contributed by atoms with van der Waals surface area (Å²) in [5, 5.41) is 5.38. The van der Waals surface area contributed by atoms with Gasteiger partial charge in [-0.2, -0.15) is 8.42 Å². The van der Waals surface area contributed by atoms with E-state index in [1.54, 1.807) is 36.1 Å². The Balaban J connectivity index is 1.62. The number of piperidine rings is 1. The summed E-state index contributed by atoms with van der Waals surface area (Å²) in [6.07, 6.45) is 2.58. The number of carbonyl (C=O) groups excluding carboxylic acids is 2. The van der Waals surface area contributed by atoms with E-state index in [4.69, 9.17) is 11.6 Å². The van der Waals surface area contributed by atoms with Gasteiger partial charge in [0.2, 0.25) is 0 Å². The average Bonchev–Trinajstić information content (AvgIpc) is 2.91. The monoisotopic (exact) mass is 573 g/mol. The van der Waals surface area contributed by atoms with Gasteiger partial charge in [0.25, 0.3) is 15.9 Å². The number of urea groups is 1. The maximum Gasteiger partial charge on any atom is 0.328 e. The first kappa shape index (κ1) is 28.3. The summed E-state index contributed by atoms with van der Waals surface area (Å²) < 4.78 is 40.8. The smallest absolute Gasteiger partial charge is 0.328 e. The Kier molecular flexibility index (Phi) is 8.71. The second kappa shape index (κ2) is 12.0. The molecule has 206 valence electrons. The molecule has 2 heterocycles. The maximum atomic E-state index is 13.6. The van der Waals surface area contributed by atoms with Crippen LogP contribution in [0.4, 0.5) is 20.6 Å². The van der Waals surface area contributed by atoms with Crippen LogP contribution in [0.25, 0.3) is 0 Å². The fourth-order valence-corrected chi connectivity index (χ4v) is 5.48. The first-order valence-corrected chi connectivity index (χ1v) is 14.3. The van der Waals surface area contributed by atoms with E-state index in [9.17, 15) is 22.4 Å². The molecule has 0 radical (unpaired) electrons. The number of anilines is 2. The summed E-state index contributed by atoms with van der Waals surface area (Å²) in [5.41, 5.74) is 2.74. The lowest BCUT2D eigenvalue weighted by molar-refractivity contribution is 0.0713. The van der Waals surface area contributed by atoms with Crippen molar-refractivity contribution in [2.24, 2.45) is 0 Å². The maximum absolute atomic E-state index is 13.6. The number of aromatic nitrogens is 1. The third kappa shape index (κ3) is 6.85. The first-order valence-electron chi connectivity index (χ1n) is 12.5. The van der Waals surface area contributed by atoms with Crippen molar-refractivity contribution in [3.63, 3.8) is 0 Å². The molecule has 12 heteroatoms. The molecular weight excluding hydrogens is 545 g/mol. The number of pyridine rings is 1. The molecule has 0 aliphatic carbocycles. The third-order valence-corrected chi connectivity index (χ3v) is 8.02. The lowest BCUT2D eigenvalue weighted by atomic mass is 9.89. The number of aryl methyl sites for hydroxylation is 1. The molecule has 3 amide bonds. The molecule has 0 saturated carbocycles. The van der Waals surface area contributed by atoms with Crippen LogP contribution in [-0.2, 0) is 10.0 Å². The van der Waals surface area contributed by atoms with E-state index in [0.29, 0.717) is 36.6 Å². The minimum atomic E-state index is -4.32. The highest BCUT2D eigenvalue weighted by atomic mass is 35.5. The number of likely N-dealkylation sites (tertiary alicyclic amines) is 1. The third-order valence-electron chi connectivity index (χ3n) is 6.46. The molecule has 1 aromatic heterocycles. The van der Waals surface area contributed by atoms with E-state index in [1.807, 2.05) is 17.7 Å². The van der Waals surface area contributed by atoms with Crippen molar-refractivity contribution < 1.29 is 22.4 Å². The van der Waals surface area contributed by atoms with Gasteiger partial charge in [-0.1, -0.05) is 29.8 Å². The summed E-state index contributed by atoms with van der Waals surface area (Å²) >= 11 is 6.36. The highest BCUT2D eigenvalue weighted by Gasteiger charge is 2.28. The number of sulfonamides is 1. The van der Waals surface area contributed by atoms with Crippen molar-refractivity contribution in [3.05, 3.63) is 82.3 Å². The zero-order valence-electron chi connectivity index (χ0n) is 21.5. The number of nitrogens with zero attached hydrogens (tertiary/aromatic N) is 2. The summed E-state index contributed by atoms with van der Waals surface area (Å²) in [5.74, 6) is -0.421. The summed E-state index contributed by atoms with van der Waals surface area (Å²) in [4.78, 5) is 31.2. The largest absolute Gasteiger partial charge is 0.354 e. The molecule has 1 saturated heterocycles. The molecule has 3 N–H and O–H groups in total. The van der Waals surface area contributed by atoms with Gasteiger partial charge in [0.15, 0.2) is 5.03 Å². The Labute approximate surface area is 231 Å². The Hall–Kier alpha value is -3.70. The molecule has 0 unspecified atom stereocenters. The zero-order chi connectivity index (χ0) is 28.2. The van der Waals surface area contributed by atoms with E-state index >= 15 is 0 Å². The molecule has 3 aromatic rings. The van der Waals surface area contributed by atoms with Crippen LogP contribution in [-0.4, -0.2) is 49.9 Å². The Morgan fingerprint density at radius 3 is 2.44 bits per heavy atom. The Morgan fingerprint density at radius 2 is 1.77 bits per heavy atom. The van der Waals surface area contributed by atoms with E-state index in [1.165, 1.54) is 24.4 Å². The first-order chi connectivity index (χ1) is 18.6. The number of carbonyl (C=O) groups is 2. The van der Waals surface area contributed by atoms with Gasteiger partial charge in [0, 0.05) is 31.9 Å². The predicted molar refractivity (Wildman–Crippen MR) is 147 cm³/mol. The van der Waals surface area contributed by atoms with Crippen LogP contribution in [0.2, 0.25) is 5.02 Å². The van der Waals surface area contributed by atoms with Crippen molar-refractivity contribution in [2.75, 3.05) is 25.0 Å². The molecule has 0 atom stereocenters. The molecule has 4 rings (SSSR count). The molecule has 1 fully saturated rings. The van der Waals surface area contributed by atoms with E-state index in [0.717, 1.165) is 11.1 Å². The van der Waals surface area contributed by atoms with Crippen molar-refractivity contribution >= 4 is 44.9 Å². The number of benzene rings is 2. The summed E-state index contributed by atoms with van der Waals surface area (Å²) in [6.45, 7) is 4.69. The highest BCUT2D eigenvalue weighted by molar-refractivity contribution is 7.90. The second-order valence-corrected chi connectivity index (χ2v) is 11.3. The molecule has 2 aromatic carbocycles. The topological polar surface area (TPSA) is 120 Å². The molecule has 0 spiro atoms. The lowest BCUT2D eigenvalue weighted by Gasteiger charge is -2.32. The van der Waals surface area contributed by atoms with Gasteiger partial charge in [-0.15, -0.1) is 0 Å². The standard InChI is InChI=1S/C27H29ClFN5O4S/c1-3-30-27(36)33-39(37,38)25-15-23(32-24-14-17(2)4-9-22(24)28)21(16-31-25)26(35)34-12-10-19(11-13-34)18-5-7-20(29)8-6-18/h4-9,14-16,19H,3,10-13H2,1-2H3,(H,31,32)(H2,30,33,36). The number of amides is 3. The predicted octanol–water partition coefficient (Wildman–Crippen LogP) is 4.95. The molecule has 9 nitrogen and oxygen atoms in total. The minimum Gasteiger partial charge on any atom is -0.354 e. The Bertz CT molecular complexity index is 1480. The summed E-state index contributed by atoms with van der Waals surface area (Å²) in [6, 6.07) is 12.0. The van der Waals surface area contributed by atoms with E-state index in [-0.39, 0.29) is 35.4 Å². The van der Waals surface area contributed by atoms with Gasteiger partial charge in [-0.05, 0) is 68.0 Å². The zero-order valence-corrected chi connectivity index (χ0v) is 23.1. The average molecular weight is 574 g/mol. The van der Waals surface area contributed by atoms with Crippen LogP contribution >= 0.6 is 11.6 Å². The minimum absolute atomic E-state index is 0.157. The molecule has 1 aliphatic rings. The van der Waals surface area contributed by atoms with Crippen molar-refractivity contribution in [1.82, 2.24) is 19.9 Å². The van der Waals surface area contributed by atoms with E-state index in [2.05, 4.69) is 15.6 Å². The second-order valence-electron chi connectivity index (χ2n) is 9.26. The highest BCUT2D eigenvalue weighted by Crippen LogP contribution is 2.32. The van der Waals surface area contributed by atoms with Crippen molar-refractivity contribution in [1.29, 1.82) is 0 Å². The van der Waals surface area contributed by atoms with Crippen LogP contribution in [0.1, 0.15) is 47.2 Å². The van der Waals surface area contributed by atoms with Crippen molar-refractivity contribution in [2.45, 2.75) is 37.6 Å². The number of rotatable bonds is 7. The molecule has 0 bridgehead atoms. The fourth-order valence-electron chi connectivity index (χ4n) is 4.43. The molecular formula is C27H29ClFN5O4S. The number of hydrogen-bond donors (Lipinski definition) is 3. The van der Waals surface area contributed by atoms with Gasteiger partial charge >= 0.3 is 6.03 Å². The molecule has 1 aliphatic heterocycles. The van der Waals surface area contributed by atoms with Gasteiger partial charge in [-0.25, -0.2) is 18.9 Å². The van der Waals surface area contributed by atoms with Gasteiger partial charge in [0.05, 0.1) is 22.0 Å². The van der Waals surface area contributed by atoms with Crippen LogP contribution in [0.15, 0.2) is 59.8 Å². The van der Waals surface area contributed by atoms with Crippen LogP contribution in [0.5, 0.6) is 0 Å².